The highest BCUT2D eigenvalue weighted by Crippen LogP contribution is 2.33. The Balaban J connectivity index is 2.23. The average molecular weight is 291 g/mol. The fraction of sp³-hybridized carbons (Fsp3) is 0.375. The number of hydrogen-bond acceptors (Lipinski definition) is 4. The molecule has 1 aromatic carbocycles. The van der Waals surface area contributed by atoms with E-state index in [1.165, 1.54) is 10.4 Å². The molecule has 1 heterocycles. The van der Waals surface area contributed by atoms with Crippen LogP contribution in [0.3, 0.4) is 0 Å². The van der Waals surface area contributed by atoms with Crippen LogP contribution in [0.15, 0.2) is 35.7 Å². The maximum Gasteiger partial charge on any atom is 0.124 e. The van der Waals surface area contributed by atoms with Crippen molar-refractivity contribution >= 4 is 11.3 Å². The van der Waals surface area contributed by atoms with Gasteiger partial charge in [-0.05, 0) is 29.5 Å². The highest BCUT2D eigenvalue weighted by molar-refractivity contribution is 7.10. The Morgan fingerprint density at radius 3 is 2.75 bits per heavy atom. The van der Waals surface area contributed by atoms with Crippen LogP contribution in [-0.2, 0) is 11.2 Å². The number of nitrogens with two attached hydrogens (primary N) is 1. The van der Waals surface area contributed by atoms with E-state index in [2.05, 4.69) is 18.4 Å². The quantitative estimate of drug-likeness (QED) is 0.795. The van der Waals surface area contributed by atoms with Gasteiger partial charge in [0.15, 0.2) is 0 Å². The number of hydrogen-bond donors (Lipinski definition) is 1. The third-order valence-corrected chi connectivity index (χ3v) is 4.29. The van der Waals surface area contributed by atoms with Gasteiger partial charge in [-0.25, -0.2) is 0 Å². The zero-order valence-electron chi connectivity index (χ0n) is 12.0. The number of aryl methyl sites for hydroxylation is 1. The van der Waals surface area contributed by atoms with Crippen LogP contribution in [0, 0.1) is 0 Å². The maximum atomic E-state index is 6.44. The van der Waals surface area contributed by atoms with Crippen molar-refractivity contribution in [1.82, 2.24) is 0 Å². The standard InChI is InChI=1S/C16H21NO2S/c1-3-12-8-11-20-16(12)15(17)13-6-4-5-7-14(13)19-10-9-18-2/h4-8,11,15H,3,9-10,17H2,1-2H3. The van der Waals surface area contributed by atoms with Crippen molar-refractivity contribution in [2.24, 2.45) is 5.73 Å². The minimum absolute atomic E-state index is 0.135. The van der Waals surface area contributed by atoms with Crippen LogP contribution in [0.5, 0.6) is 5.75 Å². The van der Waals surface area contributed by atoms with E-state index in [9.17, 15) is 0 Å². The van der Waals surface area contributed by atoms with E-state index in [0.29, 0.717) is 13.2 Å². The van der Waals surface area contributed by atoms with Crippen LogP contribution in [0.25, 0.3) is 0 Å². The third-order valence-electron chi connectivity index (χ3n) is 3.24. The minimum Gasteiger partial charge on any atom is -0.491 e. The van der Waals surface area contributed by atoms with Gasteiger partial charge in [0.2, 0.25) is 0 Å². The normalized spacial score (nSPS) is 12.3. The first-order valence-electron chi connectivity index (χ1n) is 6.80. The third kappa shape index (κ3) is 3.39. The summed E-state index contributed by atoms with van der Waals surface area (Å²) in [5, 5.41) is 2.10. The first-order valence-corrected chi connectivity index (χ1v) is 7.68. The molecule has 3 nitrogen and oxygen atoms in total. The Hall–Kier alpha value is -1.36. The van der Waals surface area contributed by atoms with Crippen molar-refractivity contribution in [1.29, 1.82) is 0 Å². The van der Waals surface area contributed by atoms with E-state index in [1.54, 1.807) is 18.4 Å². The summed E-state index contributed by atoms with van der Waals surface area (Å²) in [5.74, 6) is 0.840. The Bertz CT molecular complexity index is 539. The number of thiophene rings is 1. The predicted molar refractivity (Wildman–Crippen MR) is 83.5 cm³/mol. The molecule has 0 saturated heterocycles. The summed E-state index contributed by atoms with van der Waals surface area (Å²) in [4.78, 5) is 1.22. The van der Waals surface area contributed by atoms with Gasteiger partial charge in [-0.3, -0.25) is 0 Å². The molecule has 0 fully saturated rings. The molecule has 108 valence electrons. The summed E-state index contributed by atoms with van der Waals surface area (Å²) >= 11 is 1.71. The van der Waals surface area contributed by atoms with Gasteiger partial charge in [-0.15, -0.1) is 11.3 Å². The fourth-order valence-corrected chi connectivity index (χ4v) is 3.17. The summed E-state index contributed by atoms with van der Waals surface area (Å²) in [6.45, 7) is 3.26. The topological polar surface area (TPSA) is 44.5 Å². The van der Waals surface area contributed by atoms with Gasteiger partial charge in [-0.2, -0.15) is 0 Å². The molecule has 20 heavy (non-hydrogen) atoms. The molecule has 0 aliphatic rings. The largest absolute Gasteiger partial charge is 0.491 e. The van der Waals surface area contributed by atoms with Gasteiger partial charge in [0.25, 0.3) is 0 Å². The molecule has 0 aliphatic carbocycles. The number of methoxy groups -OCH3 is 1. The molecular weight excluding hydrogens is 270 g/mol. The Kier molecular flexibility index (Phi) is 5.59. The molecule has 0 radical (unpaired) electrons. The Morgan fingerprint density at radius 1 is 1.20 bits per heavy atom. The Labute approximate surface area is 124 Å². The molecule has 1 unspecified atom stereocenters. The van der Waals surface area contributed by atoms with Gasteiger partial charge < -0.3 is 15.2 Å². The van der Waals surface area contributed by atoms with Gasteiger partial charge in [0.1, 0.15) is 12.4 Å². The van der Waals surface area contributed by atoms with E-state index >= 15 is 0 Å². The predicted octanol–water partition coefficient (Wildman–Crippen LogP) is 3.38. The molecule has 2 aromatic rings. The van der Waals surface area contributed by atoms with Crippen LogP contribution in [0.4, 0.5) is 0 Å². The maximum absolute atomic E-state index is 6.44. The van der Waals surface area contributed by atoms with Crippen LogP contribution in [0.1, 0.15) is 29.0 Å². The molecule has 1 atom stereocenters. The van der Waals surface area contributed by atoms with Crippen molar-refractivity contribution in [2.45, 2.75) is 19.4 Å². The lowest BCUT2D eigenvalue weighted by atomic mass is 10.0. The molecular formula is C16H21NO2S. The van der Waals surface area contributed by atoms with E-state index in [0.717, 1.165) is 17.7 Å². The van der Waals surface area contributed by atoms with Crippen molar-refractivity contribution in [3.63, 3.8) is 0 Å². The van der Waals surface area contributed by atoms with Gasteiger partial charge in [0.05, 0.1) is 12.6 Å². The number of rotatable bonds is 7. The highest BCUT2D eigenvalue weighted by atomic mass is 32.1. The van der Waals surface area contributed by atoms with Gasteiger partial charge in [0, 0.05) is 17.6 Å². The highest BCUT2D eigenvalue weighted by Gasteiger charge is 2.17. The van der Waals surface area contributed by atoms with E-state index in [1.807, 2.05) is 24.3 Å². The average Bonchev–Trinajstić information content (AvgIpc) is 2.96. The van der Waals surface area contributed by atoms with Crippen LogP contribution >= 0.6 is 11.3 Å². The SMILES string of the molecule is CCc1ccsc1C(N)c1ccccc1OCCOC. The lowest BCUT2D eigenvalue weighted by Crippen LogP contribution is -2.14. The molecule has 2 rings (SSSR count). The molecule has 1 aromatic heterocycles. The van der Waals surface area contributed by atoms with E-state index < -0.39 is 0 Å². The van der Waals surface area contributed by atoms with Crippen LogP contribution in [0.2, 0.25) is 0 Å². The lowest BCUT2D eigenvalue weighted by Gasteiger charge is -2.17. The second-order valence-electron chi connectivity index (χ2n) is 4.52. The molecule has 0 amide bonds. The molecule has 2 N–H and O–H groups in total. The first kappa shape index (κ1) is 15.0. The molecule has 0 aliphatic heterocycles. The monoisotopic (exact) mass is 291 g/mol. The van der Waals surface area contributed by atoms with Gasteiger partial charge in [-0.1, -0.05) is 25.1 Å². The minimum atomic E-state index is -0.135. The second kappa shape index (κ2) is 7.43. The summed E-state index contributed by atoms with van der Waals surface area (Å²) in [6, 6.07) is 9.97. The Morgan fingerprint density at radius 2 is 2.00 bits per heavy atom. The zero-order valence-corrected chi connectivity index (χ0v) is 12.8. The summed E-state index contributed by atoms with van der Waals surface area (Å²) in [7, 11) is 1.67. The first-order chi connectivity index (χ1) is 9.77. The van der Waals surface area contributed by atoms with Crippen LogP contribution in [-0.4, -0.2) is 20.3 Å². The zero-order chi connectivity index (χ0) is 14.4. The van der Waals surface area contributed by atoms with Crippen LogP contribution < -0.4 is 10.5 Å². The van der Waals surface area contributed by atoms with E-state index in [-0.39, 0.29) is 6.04 Å². The van der Waals surface area contributed by atoms with Crippen molar-refractivity contribution in [2.75, 3.05) is 20.3 Å². The smallest absolute Gasteiger partial charge is 0.124 e. The van der Waals surface area contributed by atoms with Crippen molar-refractivity contribution in [3.05, 3.63) is 51.7 Å². The number of benzene rings is 1. The molecule has 0 bridgehead atoms. The fourth-order valence-electron chi connectivity index (χ4n) is 2.16. The molecule has 0 saturated carbocycles. The van der Waals surface area contributed by atoms with Crippen molar-refractivity contribution in [3.8, 4) is 5.75 Å². The van der Waals surface area contributed by atoms with Crippen molar-refractivity contribution < 1.29 is 9.47 Å². The van der Waals surface area contributed by atoms with Gasteiger partial charge >= 0.3 is 0 Å². The number of ether oxygens (including phenoxy) is 2. The summed E-state index contributed by atoms with van der Waals surface area (Å²) < 4.78 is 10.8. The van der Waals surface area contributed by atoms with E-state index in [4.69, 9.17) is 15.2 Å². The molecule has 4 heteroatoms. The summed E-state index contributed by atoms with van der Waals surface area (Å²) in [5.41, 5.74) is 8.78. The number of para-hydroxylation sites is 1. The lowest BCUT2D eigenvalue weighted by molar-refractivity contribution is 0.145. The molecule has 0 spiro atoms. The summed E-state index contributed by atoms with van der Waals surface area (Å²) in [6.07, 6.45) is 0.999. The second-order valence-corrected chi connectivity index (χ2v) is 5.47.